The number of rotatable bonds is 11. The van der Waals surface area contributed by atoms with E-state index in [4.69, 9.17) is 14.2 Å². The summed E-state index contributed by atoms with van der Waals surface area (Å²) < 4.78 is 84.3. The van der Waals surface area contributed by atoms with Crippen molar-refractivity contribution >= 4 is 27.6 Å². The largest absolute Gasteiger partial charge is 0.497 e. The Morgan fingerprint density at radius 3 is 2.30 bits per heavy atom. The number of amides is 1. The van der Waals surface area contributed by atoms with E-state index in [-0.39, 0.29) is 22.9 Å². The molecule has 0 aliphatic heterocycles. The molecule has 4 rings (SSSR count). The molecule has 13 nitrogen and oxygen atoms in total. The van der Waals surface area contributed by atoms with Crippen molar-refractivity contribution in [2.45, 2.75) is 17.8 Å². The molecule has 0 aliphatic rings. The quantitative estimate of drug-likeness (QED) is 0.253. The molecule has 0 saturated heterocycles. The maximum atomic E-state index is 13.8. The van der Waals surface area contributed by atoms with Crippen molar-refractivity contribution in [3.8, 4) is 17.3 Å². The minimum Gasteiger partial charge on any atom is -0.497 e. The van der Waals surface area contributed by atoms with E-state index in [9.17, 15) is 26.4 Å². The van der Waals surface area contributed by atoms with Crippen LogP contribution in [0.5, 0.6) is 11.5 Å². The number of methoxy groups -OCH3 is 3. The zero-order chi connectivity index (χ0) is 31.4. The summed E-state index contributed by atoms with van der Waals surface area (Å²) in [4.78, 5) is 25.2. The number of nitrogens with zero attached hydrogens (tertiary/aromatic N) is 5. The van der Waals surface area contributed by atoms with Crippen LogP contribution in [-0.4, -0.2) is 67.0 Å². The van der Waals surface area contributed by atoms with Gasteiger partial charge >= 0.3 is 6.18 Å². The van der Waals surface area contributed by atoms with Crippen molar-refractivity contribution in [1.29, 1.82) is 0 Å². The van der Waals surface area contributed by atoms with Gasteiger partial charge in [-0.05, 0) is 25.1 Å². The van der Waals surface area contributed by atoms with Crippen LogP contribution >= 0.6 is 0 Å². The zero-order valence-electron chi connectivity index (χ0n) is 23.2. The number of hydrogen-bond donors (Lipinski definition) is 2. The molecule has 1 unspecified atom stereocenters. The lowest BCUT2D eigenvalue weighted by Gasteiger charge is -2.30. The molecule has 0 aliphatic carbocycles. The number of ether oxygens (including phenoxy) is 3. The Morgan fingerprint density at radius 1 is 1.05 bits per heavy atom. The van der Waals surface area contributed by atoms with Crippen LogP contribution in [0.25, 0.3) is 5.82 Å². The standard InChI is InChI=1S/C26H26F3N7O6S/c1-25(15-40-2,43(38,39)35-23(37)16-6-5-8-30-13-16)20-14-31-24(32-17-10-18(41-3)12-19(11-17)42-4)33-22(20)36-9-7-21(34-36)26(27,28)29/h5-14H,15H2,1-4H3,(H,35,37)(H,31,32,33). The molecule has 17 heteroatoms. The summed E-state index contributed by atoms with van der Waals surface area (Å²) in [5.74, 6) is -0.606. The summed E-state index contributed by atoms with van der Waals surface area (Å²) in [6.07, 6.45) is -0.148. The lowest BCUT2D eigenvalue weighted by Crippen LogP contribution is -2.47. The van der Waals surface area contributed by atoms with Gasteiger partial charge in [-0.1, -0.05) is 0 Å². The van der Waals surface area contributed by atoms with Crippen molar-refractivity contribution in [2.24, 2.45) is 0 Å². The number of halogens is 3. The first kappa shape index (κ1) is 31.2. The van der Waals surface area contributed by atoms with Crippen molar-refractivity contribution < 1.29 is 40.6 Å². The summed E-state index contributed by atoms with van der Waals surface area (Å²) in [5.41, 5.74) is -1.11. The lowest BCUT2D eigenvalue weighted by molar-refractivity contribution is -0.141. The van der Waals surface area contributed by atoms with Crippen molar-refractivity contribution in [3.63, 3.8) is 0 Å². The third-order valence-corrected chi connectivity index (χ3v) is 8.18. The molecule has 0 saturated carbocycles. The fourth-order valence-corrected chi connectivity index (χ4v) is 5.24. The van der Waals surface area contributed by atoms with Crippen LogP contribution in [-0.2, 0) is 25.7 Å². The highest BCUT2D eigenvalue weighted by Crippen LogP contribution is 2.36. The first-order chi connectivity index (χ1) is 20.3. The topological polar surface area (TPSA) is 159 Å². The van der Waals surface area contributed by atoms with Crippen molar-refractivity contribution in [3.05, 3.63) is 78.0 Å². The maximum Gasteiger partial charge on any atom is 0.435 e. The number of nitrogens with one attached hydrogen (secondary N) is 2. The fraction of sp³-hybridized carbons (Fsp3) is 0.269. The van der Waals surface area contributed by atoms with E-state index < -0.39 is 39.2 Å². The number of aromatic nitrogens is 5. The Hall–Kier alpha value is -4.77. The fourth-order valence-electron chi connectivity index (χ4n) is 3.95. The van der Waals surface area contributed by atoms with Gasteiger partial charge in [0, 0.05) is 61.3 Å². The summed E-state index contributed by atoms with van der Waals surface area (Å²) in [7, 11) is -0.561. The number of carbonyl (C=O) groups excluding carboxylic acids is 1. The molecule has 3 heterocycles. The number of carbonyl (C=O) groups is 1. The van der Waals surface area contributed by atoms with Gasteiger partial charge in [0.1, 0.15) is 16.2 Å². The minimum absolute atomic E-state index is 0.0440. The predicted octanol–water partition coefficient (Wildman–Crippen LogP) is 3.46. The highest BCUT2D eigenvalue weighted by molar-refractivity contribution is 7.91. The van der Waals surface area contributed by atoms with E-state index in [0.29, 0.717) is 23.3 Å². The zero-order valence-corrected chi connectivity index (χ0v) is 24.0. The first-order valence-corrected chi connectivity index (χ1v) is 13.8. The smallest absolute Gasteiger partial charge is 0.435 e. The summed E-state index contributed by atoms with van der Waals surface area (Å²) in [5, 5.41) is 6.48. The molecular weight excluding hydrogens is 595 g/mol. The lowest BCUT2D eigenvalue weighted by atomic mass is 10.0. The van der Waals surface area contributed by atoms with Gasteiger partial charge in [0.2, 0.25) is 16.0 Å². The highest BCUT2D eigenvalue weighted by atomic mass is 32.2. The van der Waals surface area contributed by atoms with E-state index in [0.717, 1.165) is 17.1 Å². The van der Waals surface area contributed by atoms with E-state index >= 15 is 0 Å². The van der Waals surface area contributed by atoms with Crippen LogP contribution in [0.4, 0.5) is 24.8 Å². The molecule has 4 aromatic rings. The average Bonchev–Trinajstić information content (AvgIpc) is 3.48. The monoisotopic (exact) mass is 621 g/mol. The van der Waals surface area contributed by atoms with Gasteiger partial charge in [-0.15, -0.1) is 0 Å². The van der Waals surface area contributed by atoms with Crippen molar-refractivity contribution in [2.75, 3.05) is 33.3 Å². The van der Waals surface area contributed by atoms with E-state index in [1.165, 1.54) is 52.8 Å². The second kappa shape index (κ2) is 12.2. The minimum atomic E-state index is -4.80. The number of anilines is 2. The van der Waals surface area contributed by atoms with Crippen molar-refractivity contribution in [1.82, 2.24) is 29.5 Å². The average molecular weight is 622 g/mol. The Labute approximate surface area is 244 Å². The summed E-state index contributed by atoms with van der Waals surface area (Å²) in [6.45, 7) is 0.665. The predicted molar refractivity (Wildman–Crippen MR) is 147 cm³/mol. The molecule has 1 amide bonds. The van der Waals surface area contributed by atoms with Crippen LogP contribution in [0.3, 0.4) is 0 Å². The van der Waals surface area contributed by atoms with E-state index in [1.54, 1.807) is 18.2 Å². The highest BCUT2D eigenvalue weighted by Gasteiger charge is 2.46. The van der Waals surface area contributed by atoms with Gasteiger partial charge in [0.25, 0.3) is 5.91 Å². The first-order valence-electron chi connectivity index (χ1n) is 12.3. The molecule has 0 fully saturated rings. The van der Waals surface area contributed by atoms with Crippen LogP contribution < -0.4 is 19.5 Å². The van der Waals surface area contributed by atoms with E-state index in [2.05, 4.69) is 25.4 Å². The Kier molecular flexibility index (Phi) is 8.86. The number of alkyl halides is 3. The molecule has 2 N–H and O–H groups in total. The molecule has 43 heavy (non-hydrogen) atoms. The third kappa shape index (κ3) is 6.67. The summed E-state index contributed by atoms with van der Waals surface area (Å²) in [6, 6.07) is 8.30. The van der Waals surface area contributed by atoms with E-state index in [1.807, 2.05) is 4.72 Å². The third-order valence-electron chi connectivity index (χ3n) is 6.21. The van der Waals surface area contributed by atoms with Gasteiger partial charge in [-0.3, -0.25) is 9.78 Å². The summed E-state index contributed by atoms with van der Waals surface area (Å²) >= 11 is 0. The second-order valence-corrected chi connectivity index (χ2v) is 11.3. The number of hydrogen-bond acceptors (Lipinski definition) is 11. The molecule has 0 radical (unpaired) electrons. The van der Waals surface area contributed by atoms with Gasteiger partial charge in [0.15, 0.2) is 11.5 Å². The van der Waals surface area contributed by atoms with Gasteiger partial charge in [-0.2, -0.15) is 23.3 Å². The molecule has 0 spiro atoms. The normalized spacial score (nSPS) is 13.2. The Balaban J connectivity index is 1.85. The molecule has 228 valence electrons. The van der Waals surface area contributed by atoms with Crippen LogP contribution in [0.2, 0.25) is 0 Å². The number of benzene rings is 1. The van der Waals surface area contributed by atoms with Gasteiger partial charge in [0.05, 0.1) is 26.4 Å². The van der Waals surface area contributed by atoms with Crippen LogP contribution in [0, 0.1) is 0 Å². The van der Waals surface area contributed by atoms with Crippen LogP contribution in [0.1, 0.15) is 28.5 Å². The van der Waals surface area contributed by atoms with Gasteiger partial charge < -0.3 is 19.5 Å². The molecule has 0 bridgehead atoms. The van der Waals surface area contributed by atoms with Crippen LogP contribution in [0.15, 0.2) is 61.2 Å². The molecule has 1 atom stereocenters. The second-order valence-electron chi connectivity index (χ2n) is 9.14. The Bertz CT molecular complexity index is 1700. The molecule has 3 aromatic heterocycles. The number of sulfonamides is 1. The van der Waals surface area contributed by atoms with Gasteiger partial charge in [-0.25, -0.2) is 22.8 Å². The Morgan fingerprint density at radius 2 is 1.74 bits per heavy atom. The SMILES string of the molecule is COCC(C)(c1cnc(Nc2cc(OC)cc(OC)c2)nc1-n1ccc(C(F)(F)F)n1)S(=O)(=O)NC(=O)c1cccnc1. The molecular formula is C26H26F3N7O6S. The molecule has 1 aromatic carbocycles. The number of pyridine rings is 1. The maximum absolute atomic E-state index is 13.8.